The number of phosphoric acid groups is 1. The first-order chi connectivity index (χ1) is 12.3. The van der Waals surface area contributed by atoms with E-state index in [2.05, 4.69) is 8.83 Å². The molecule has 0 unspecified atom stereocenters. The highest BCUT2D eigenvalue weighted by molar-refractivity contribution is 7.83. The molecule has 5 N–H and O–H groups in total. The lowest BCUT2D eigenvalue weighted by Crippen LogP contribution is -2.38. The average molecular weight is 428 g/mol. The summed E-state index contributed by atoms with van der Waals surface area (Å²) in [6, 6.07) is 0. The fourth-order valence-electron chi connectivity index (χ4n) is 2.25. The molecule has 0 saturated carbocycles. The van der Waals surface area contributed by atoms with Crippen LogP contribution in [0, 0.1) is 0 Å². The first-order valence-electron chi connectivity index (χ1n) is 7.06. The summed E-state index contributed by atoms with van der Waals surface area (Å²) in [7, 11) is -3.76. The zero-order chi connectivity index (χ0) is 20.6. The van der Waals surface area contributed by atoms with Crippen LogP contribution in [0.3, 0.4) is 0 Å². The minimum atomic E-state index is -5.22. The quantitative estimate of drug-likeness (QED) is 0.227. The van der Waals surface area contributed by atoms with E-state index < -0.39 is 57.7 Å². The number of nitrogens with zero attached hydrogens (tertiary/aromatic N) is 1. The third kappa shape index (κ3) is 5.38. The van der Waals surface area contributed by atoms with Gasteiger partial charge < -0.3 is 34.0 Å². The summed E-state index contributed by atoms with van der Waals surface area (Å²) in [6.07, 6.45) is -5.32. The molecule has 1 saturated heterocycles. The normalized spacial score (nSPS) is 28.0. The van der Waals surface area contributed by atoms with Gasteiger partial charge in [-0.3, -0.25) is 18.9 Å². The van der Waals surface area contributed by atoms with Crippen molar-refractivity contribution in [2.45, 2.75) is 24.5 Å². The highest BCUT2D eigenvalue weighted by Gasteiger charge is 2.45. The summed E-state index contributed by atoms with van der Waals surface area (Å²) in [5.74, 6) is -0.277. The lowest BCUT2D eigenvalue weighted by Gasteiger charge is -2.19. The number of hydrogen-bond acceptors (Lipinski definition) is 10. The van der Waals surface area contributed by atoms with E-state index >= 15 is 0 Å². The summed E-state index contributed by atoms with van der Waals surface area (Å²) in [4.78, 5) is 42.5. The van der Waals surface area contributed by atoms with Gasteiger partial charge in [0, 0.05) is 0 Å². The monoisotopic (exact) mass is 428 g/mol. The first kappa shape index (κ1) is 22.0. The molecule has 0 aromatic carbocycles. The van der Waals surface area contributed by atoms with Crippen molar-refractivity contribution in [3.8, 4) is 5.75 Å². The molecule has 1 aliphatic rings. The molecule has 1 aromatic heterocycles. The van der Waals surface area contributed by atoms with E-state index in [1.807, 2.05) is 4.98 Å². The lowest BCUT2D eigenvalue weighted by molar-refractivity contribution is -0.0522. The van der Waals surface area contributed by atoms with Crippen molar-refractivity contribution in [1.82, 2.24) is 9.55 Å². The van der Waals surface area contributed by atoms with E-state index in [9.17, 15) is 28.9 Å². The highest BCUT2D eigenvalue weighted by Crippen LogP contribution is 2.57. The van der Waals surface area contributed by atoms with Crippen molar-refractivity contribution in [2.75, 3.05) is 13.7 Å². The number of aliphatic hydroxyl groups is 2. The minimum absolute atomic E-state index is 0.277. The molecule has 0 bridgehead atoms. The van der Waals surface area contributed by atoms with Crippen molar-refractivity contribution in [3.63, 3.8) is 0 Å². The van der Waals surface area contributed by atoms with Gasteiger partial charge in [-0.05, 0) is 0 Å². The van der Waals surface area contributed by atoms with Gasteiger partial charge in [0.1, 0.15) is 18.3 Å². The Morgan fingerprint density at radius 2 is 1.93 bits per heavy atom. The third-order valence-electron chi connectivity index (χ3n) is 3.41. The Bertz CT molecular complexity index is 895. The first-order valence-corrected chi connectivity index (χ1v) is 10.2. The van der Waals surface area contributed by atoms with Crippen LogP contribution in [0.4, 0.5) is 0 Å². The maximum absolute atomic E-state index is 11.9. The van der Waals surface area contributed by atoms with Gasteiger partial charge in [-0.1, -0.05) is 0 Å². The van der Waals surface area contributed by atoms with Gasteiger partial charge in [0.15, 0.2) is 6.23 Å². The molecule has 1 aromatic rings. The Morgan fingerprint density at radius 3 is 2.48 bits per heavy atom. The summed E-state index contributed by atoms with van der Waals surface area (Å²) in [6.45, 7) is -0.808. The molecular formula is C10H15BN2O12P2. The molecule has 2 rings (SSSR count). The molecule has 0 amide bonds. The van der Waals surface area contributed by atoms with Crippen molar-refractivity contribution in [1.29, 1.82) is 0 Å². The Kier molecular flexibility index (Phi) is 6.52. The van der Waals surface area contributed by atoms with Gasteiger partial charge >= 0.3 is 13.5 Å². The SMILES string of the molecule is [B][P@](=O)(OC[C@H]1O[C@@H](n2cc(OC)c(=O)[nH]c2=O)[C@H](O)[C@@H]1O)OP(=O)(O)O. The molecule has 0 spiro atoms. The summed E-state index contributed by atoms with van der Waals surface area (Å²) >= 11 is 0. The van der Waals surface area contributed by atoms with Crippen LogP contribution >= 0.6 is 15.3 Å². The molecule has 150 valence electrons. The molecule has 1 fully saturated rings. The van der Waals surface area contributed by atoms with Gasteiger partial charge in [0.2, 0.25) is 13.3 Å². The van der Waals surface area contributed by atoms with Gasteiger partial charge in [0.05, 0.1) is 19.9 Å². The van der Waals surface area contributed by atoms with Gasteiger partial charge in [-0.2, -0.15) is 0 Å². The fraction of sp³-hybridized carbons (Fsp3) is 0.600. The number of aliphatic hydroxyl groups excluding tert-OH is 2. The van der Waals surface area contributed by atoms with E-state index in [1.54, 1.807) is 0 Å². The molecule has 27 heavy (non-hydrogen) atoms. The van der Waals surface area contributed by atoms with E-state index in [1.165, 1.54) is 0 Å². The molecule has 1 aliphatic heterocycles. The van der Waals surface area contributed by atoms with Gasteiger partial charge in [-0.25, -0.2) is 13.7 Å². The van der Waals surface area contributed by atoms with Crippen LogP contribution in [0.5, 0.6) is 5.75 Å². The smallest absolute Gasteiger partial charge is 0.476 e. The van der Waals surface area contributed by atoms with Crippen LogP contribution in [0.2, 0.25) is 0 Å². The van der Waals surface area contributed by atoms with Crippen molar-refractivity contribution < 1.29 is 47.4 Å². The maximum Gasteiger partial charge on any atom is 0.476 e. The second kappa shape index (κ2) is 7.99. The Balaban J connectivity index is 2.17. The van der Waals surface area contributed by atoms with Crippen molar-refractivity contribution >= 4 is 22.9 Å². The number of aromatic nitrogens is 2. The lowest BCUT2D eigenvalue weighted by atomic mass is 10.1. The standard InChI is InChI=1S/C10H15BN2O12P2/c1-22-4-2-13(10(17)12-8(4)16)9-7(15)6(14)5(24-9)3-23-26(11,18)25-27(19,20)21/h2,5-7,9,14-15H,3H2,1H3,(H,12,16,17)(H2,19,20,21)/t5-,6-,7-,9-,26+/m1/s1. The Labute approximate surface area is 151 Å². The highest BCUT2D eigenvalue weighted by atomic mass is 31.3. The van der Waals surface area contributed by atoms with Crippen LogP contribution < -0.4 is 16.0 Å². The van der Waals surface area contributed by atoms with Crippen LogP contribution in [0.25, 0.3) is 0 Å². The van der Waals surface area contributed by atoms with E-state index in [0.29, 0.717) is 0 Å². The molecule has 17 heteroatoms. The van der Waals surface area contributed by atoms with Crippen LogP contribution in [0.15, 0.2) is 15.8 Å². The van der Waals surface area contributed by atoms with Gasteiger partial charge in [-0.15, -0.1) is 0 Å². The third-order valence-corrected chi connectivity index (χ3v) is 5.68. The van der Waals surface area contributed by atoms with Crippen LogP contribution in [-0.4, -0.2) is 69.1 Å². The zero-order valence-electron chi connectivity index (χ0n) is 13.6. The predicted octanol–water partition coefficient (Wildman–Crippen LogP) is -2.43. The Morgan fingerprint density at radius 1 is 1.30 bits per heavy atom. The van der Waals surface area contributed by atoms with Crippen molar-refractivity contribution in [2.24, 2.45) is 0 Å². The molecule has 5 atom stereocenters. The zero-order valence-corrected chi connectivity index (χ0v) is 15.4. The second-order valence-electron chi connectivity index (χ2n) is 5.32. The largest absolute Gasteiger partial charge is 0.490 e. The number of hydrogen-bond donors (Lipinski definition) is 5. The van der Waals surface area contributed by atoms with Crippen LogP contribution in [0.1, 0.15) is 6.23 Å². The number of H-pyrrole nitrogens is 1. The molecule has 2 heterocycles. The average Bonchev–Trinajstić information content (AvgIpc) is 2.79. The summed E-state index contributed by atoms with van der Waals surface area (Å²) in [5, 5.41) is 20.1. The number of ether oxygens (including phenoxy) is 2. The molecule has 0 aliphatic carbocycles. The van der Waals surface area contributed by atoms with Crippen LogP contribution in [-0.2, 0) is 22.7 Å². The van der Waals surface area contributed by atoms with Gasteiger partial charge in [0.25, 0.3) is 13.0 Å². The number of methoxy groups -OCH3 is 1. The summed E-state index contributed by atoms with van der Waals surface area (Å²) in [5.41, 5.74) is -1.81. The van der Waals surface area contributed by atoms with E-state index in [-0.39, 0.29) is 5.75 Å². The summed E-state index contributed by atoms with van der Waals surface area (Å²) < 4.78 is 41.4. The molecule has 2 radical (unpaired) electrons. The number of nitrogens with one attached hydrogen (secondary N) is 1. The fourth-order valence-corrected chi connectivity index (χ4v) is 3.98. The maximum atomic E-state index is 11.9. The molecule has 14 nitrogen and oxygen atoms in total. The number of aromatic amines is 1. The van der Waals surface area contributed by atoms with E-state index in [4.69, 9.17) is 26.8 Å². The van der Waals surface area contributed by atoms with Crippen molar-refractivity contribution in [3.05, 3.63) is 27.0 Å². The predicted molar refractivity (Wildman–Crippen MR) is 86.2 cm³/mol. The Hall–Kier alpha value is -1.28. The topological polar surface area (TPSA) is 207 Å². The number of rotatable bonds is 7. The second-order valence-corrected chi connectivity index (χ2v) is 8.29. The minimum Gasteiger partial charge on any atom is -0.490 e. The van der Waals surface area contributed by atoms with E-state index in [0.717, 1.165) is 17.9 Å². The molecular weight excluding hydrogens is 413 g/mol.